The summed E-state index contributed by atoms with van der Waals surface area (Å²) in [5.74, 6) is -0.216. The molecular weight excluding hydrogens is 251 g/mol. The molecule has 0 aromatic carbocycles. The number of ether oxygens (including phenoxy) is 1. The SMILES string of the molecule is C\C=C(C1=CC(F)=CC=CC1)/C(/C=C\C=C\OC)=C/C. The highest BCUT2D eigenvalue weighted by Gasteiger charge is 2.08. The van der Waals surface area contributed by atoms with Crippen molar-refractivity contribution in [3.8, 4) is 0 Å². The molecule has 1 aliphatic rings. The lowest BCUT2D eigenvalue weighted by Crippen LogP contribution is -1.92. The fourth-order valence-electron chi connectivity index (χ4n) is 1.98. The summed E-state index contributed by atoms with van der Waals surface area (Å²) in [5.41, 5.74) is 3.08. The lowest BCUT2D eigenvalue weighted by molar-refractivity contribution is 0.338. The minimum Gasteiger partial charge on any atom is -0.504 e. The van der Waals surface area contributed by atoms with E-state index in [1.54, 1.807) is 25.5 Å². The van der Waals surface area contributed by atoms with Crippen LogP contribution in [0, 0.1) is 0 Å². The van der Waals surface area contributed by atoms with E-state index < -0.39 is 0 Å². The van der Waals surface area contributed by atoms with Crippen molar-refractivity contribution in [3.05, 3.63) is 83.5 Å². The van der Waals surface area contributed by atoms with Crippen LogP contribution in [0.2, 0.25) is 0 Å². The van der Waals surface area contributed by atoms with E-state index in [9.17, 15) is 4.39 Å². The summed E-state index contributed by atoms with van der Waals surface area (Å²) in [7, 11) is 1.61. The Kier molecular flexibility index (Phi) is 7.12. The molecule has 1 aliphatic carbocycles. The maximum absolute atomic E-state index is 13.6. The van der Waals surface area contributed by atoms with Crippen LogP contribution in [-0.2, 0) is 4.74 Å². The van der Waals surface area contributed by atoms with Gasteiger partial charge in [0.1, 0.15) is 5.83 Å². The highest BCUT2D eigenvalue weighted by Crippen LogP contribution is 2.27. The Morgan fingerprint density at radius 1 is 1.25 bits per heavy atom. The van der Waals surface area contributed by atoms with Gasteiger partial charge in [0.05, 0.1) is 13.4 Å². The summed E-state index contributed by atoms with van der Waals surface area (Å²) >= 11 is 0. The molecule has 0 unspecified atom stereocenters. The van der Waals surface area contributed by atoms with Crippen molar-refractivity contribution in [2.24, 2.45) is 0 Å². The summed E-state index contributed by atoms with van der Waals surface area (Å²) in [6.45, 7) is 3.94. The summed E-state index contributed by atoms with van der Waals surface area (Å²) in [4.78, 5) is 0. The number of hydrogen-bond acceptors (Lipinski definition) is 1. The average Bonchev–Trinajstić information content (AvgIpc) is 2.67. The fourth-order valence-corrected chi connectivity index (χ4v) is 1.98. The van der Waals surface area contributed by atoms with Gasteiger partial charge in [-0.1, -0.05) is 36.5 Å². The van der Waals surface area contributed by atoms with E-state index in [4.69, 9.17) is 4.74 Å². The molecule has 2 heteroatoms. The quantitative estimate of drug-likeness (QED) is 0.485. The second-order valence-electron chi connectivity index (χ2n) is 4.22. The topological polar surface area (TPSA) is 9.23 Å². The van der Waals surface area contributed by atoms with Crippen LogP contribution >= 0.6 is 0 Å². The third kappa shape index (κ3) is 4.88. The lowest BCUT2D eigenvalue weighted by atomic mass is 9.94. The first kappa shape index (κ1) is 16.0. The van der Waals surface area contributed by atoms with Crippen LogP contribution in [-0.4, -0.2) is 7.11 Å². The van der Waals surface area contributed by atoms with Gasteiger partial charge in [0.2, 0.25) is 0 Å². The van der Waals surface area contributed by atoms with Gasteiger partial charge in [0.25, 0.3) is 0 Å². The molecule has 0 heterocycles. The average molecular weight is 272 g/mol. The van der Waals surface area contributed by atoms with Gasteiger partial charge in [-0.15, -0.1) is 0 Å². The van der Waals surface area contributed by atoms with E-state index in [-0.39, 0.29) is 5.83 Å². The van der Waals surface area contributed by atoms with Gasteiger partial charge in [-0.3, -0.25) is 0 Å². The Balaban J connectivity index is 3.00. The summed E-state index contributed by atoms with van der Waals surface area (Å²) < 4.78 is 18.4. The molecule has 0 atom stereocenters. The van der Waals surface area contributed by atoms with Crippen LogP contribution < -0.4 is 0 Å². The van der Waals surface area contributed by atoms with E-state index in [1.165, 1.54) is 6.08 Å². The summed E-state index contributed by atoms with van der Waals surface area (Å²) in [5, 5.41) is 0. The predicted octanol–water partition coefficient (Wildman–Crippen LogP) is 5.34. The minimum absolute atomic E-state index is 0.216. The zero-order chi connectivity index (χ0) is 14.8. The van der Waals surface area contributed by atoms with Gasteiger partial charge in [0, 0.05) is 0 Å². The largest absolute Gasteiger partial charge is 0.504 e. The van der Waals surface area contributed by atoms with Gasteiger partial charge in [0.15, 0.2) is 0 Å². The number of hydrogen-bond donors (Lipinski definition) is 0. The van der Waals surface area contributed by atoms with Crippen LogP contribution in [0.25, 0.3) is 0 Å². The standard InChI is InChI=1S/C18H21FO/c1-4-15(10-8-9-13-20-3)18(5-2)16-11-6-7-12-17(19)14-16/h4-10,12-14H,11H2,1-3H3/b10-8-,13-9+,15-4+,18-5+. The van der Waals surface area contributed by atoms with Crippen molar-refractivity contribution in [1.29, 1.82) is 0 Å². The molecule has 0 saturated heterocycles. The maximum Gasteiger partial charge on any atom is 0.123 e. The monoisotopic (exact) mass is 272 g/mol. The van der Waals surface area contributed by atoms with Crippen molar-refractivity contribution in [1.82, 2.24) is 0 Å². The Morgan fingerprint density at radius 2 is 2.05 bits per heavy atom. The number of halogens is 1. The van der Waals surface area contributed by atoms with Crippen LogP contribution in [0.15, 0.2) is 83.5 Å². The third-order valence-electron chi connectivity index (χ3n) is 2.90. The number of rotatable bonds is 5. The Morgan fingerprint density at radius 3 is 2.70 bits per heavy atom. The second-order valence-corrected chi connectivity index (χ2v) is 4.22. The molecule has 0 saturated carbocycles. The molecule has 0 aromatic heterocycles. The van der Waals surface area contributed by atoms with E-state index >= 15 is 0 Å². The Labute approximate surface area is 120 Å². The molecule has 0 spiro atoms. The first-order valence-corrected chi connectivity index (χ1v) is 6.65. The molecule has 1 nitrogen and oxygen atoms in total. The smallest absolute Gasteiger partial charge is 0.123 e. The van der Waals surface area contributed by atoms with Crippen LogP contribution in [0.4, 0.5) is 4.39 Å². The van der Waals surface area contributed by atoms with Gasteiger partial charge in [-0.2, -0.15) is 0 Å². The van der Waals surface area contributed by atoms with Crippen molar-refractivity contribution in [2.45, 2.75) is 20.3 Å². The normalized spacial score (nSPS) is 17.4. The predicted molar refractivity (Wildman–Crippen MR) is 83.8 cm³/mol. The Hall–Kier alpha value is -2.09. The summed E-state index contributed by atoms with van der Waals surface area (Å²) in [6.07, 6.45) is 18.9. The molecule has 20 heavy (non-hydrogen) atoms. The molecular formula is C18H21FO. The maximum atomic E-state index is 13.6. The van der Waals surface area contributed by atoms with E-state index in [1.807, 2.05) is 50.3 Å². The fraction of sp³-hybridized carbons (Fsp3) is 0.222. The van der Waals surface area contributed by atoms with Crippen molar-refractivity contribution in [2.75, 3.05) is 7.11 Å². The Bertz CT molecular complexity index is 526. The van der Waals surface area contributed by atoms with Crippen molar-refractivity contribution >= 4 is 0 Å². The zero-order valence-corrected chi connectivity index (χ0v) is 12.3. The number of methoxy groups -OCH3 is 1. The molecule has 1 rings (SSSR count). The molecule has 0 aromatic rings. The first-order chi connectivity index (χ1) is 9.72. The van der Waals surface area contributed by atoms with E-state index in [2.05, 4.69) is 0 Å². The molecule has 0 amide bonds. The van der Waals surface area contributed by atoms with Crippen molar-refractivity contribution < 1.29 is 9.13 Å². The van der Waals surface area contributed by atoms with E-state index in [0.29, 0.717) is 0 Å². The lowest BCUT2D eigenvalue weighted by Gasteiger charge is -2.11. The van der Waals surface area contributed by atoms with Gasteiger partial charge in [-0.25, -0.2) is 4.39 Å². The molecule has 0 aliphatic heterocycles. The van der Waals surface area contributed by atoms with Gasteiger partial charge in [-0.05, 0) is 55.2 Å². The minimum atomic E-state index is -0.216. The molecule has 0 fully saturated rings. The van der Waals surface area contributed by atoms with Crippen LogP contribution in [0.1, 0.15) is 20.3 Å². The van der Waals surface area contributed by atoms with Crippen molar-refractivity contribution in [3.63, 3.8) is 0 Å². The van der Waals surface area contributed by atoms with E-state index in [0.717, 1.165) is 23.1 Å². The van der Waals surface area contributed by atoms with Crippen LogP contribution in [0.3, 0.4) is 0 Å². The number of allylic oxidation sites excluding steroid dienone is 13. The zero-order valence-electron chi connectivity index (χ0n) is 12.3. The van der Waals surface area contributed by atoms with Gasteiger partial charge >= 0.3 is 0 Å². The second kappa shape index (κ2) is 8.92. The third-order valence-corrected chi connectivity index (χ3v) is 2.90. The highest BCUT2D eigenvalue weighted by molar-refractivity contribution is 5.54. The first-order valence-electron chi connectivity index (χ1n) is 6.65. The molecule has 106 valence electrons. The highest BCUT2D eigenvalue weighted by atomic mass is 19.1. The molecule has 0 radical (unpaired) electrons. The summed E-state index contributed by atoms with van der Waals surface area (Å²) in [6, 6.07) is 0. The molecule has 0 bridgehead atoms. The van der Waals surface area contributed by atoms with Crippen LogP contribution in [0.5, 0.6) is 0 Å². The van der Waals surface area contributed by atoms with Gasteiger partial charge < -0.3 is 4.74 Å². The molecule has 0 N–H and O–H groups in total.